The highest BCUT2D eigenvalue weighted by atomic mass is 16.6. The van der Waals surface area contributed by atoms with Crippen LogP contribution in [0.4, 0.5) is 11.4 Å². The molecule has 2 N–H and O–H groups in total. The lowest BCUT2D eigenvalue weighted by Gasteiger charge is -2.39. The average molecular weight is 277 g/mol. The van der Waals surface area contributed by atoms with E-state index in [1.807, 2.05) is 18.7 Å². The third-order valence-electron chi connectivity index (χ3n) is 3.90. The lowest BCUT2D eigenvalue weighted by molar-refractivity contribution is -0.383. The molecule has 2 rings (SSSR count). The maximum absolute atomic E-state index is 12.6. The minimum atomic E-state index is -0.560. The quantitative estimate of drug-likeness (QED) is 0.511. The summed E-state index contributed by atoms with van der Waals surface area (Å²) in [7, 11) is 0. The van der Waals surface area contributed by atoms with E-state index in [2.05, 4.69) is 0 Å². The second kappa shape index (κ2) is 5.48. The van der Waals surface area contributed by atoms with Crippen molar-refractivity contribution < 1.29 is 9.72 Å². The molecule has 1 amide bonds. The van der Waals surface area contributed by atoms with Crippen molar-refractivity contribution >= 4 is 17.3 Å². The fourth-order valence-corrected chi connectivity index (χ4v) is 2.81. The molecule has 0 aliphatic carbocycles. The van der Waals surface area contributed by atoms with Gasteiger partial charge in [-0.1, -0.05) is 0 Å². The Kier molecular flexibility index (Phi) is 3.92. The second-order valence-corrected chi connectivity index (χ2v) is 5.37. The van der Waals surface area contributed by atoms with Gasteiger partial charge in [0, 0.05) is 23.7 Å². The summed E-state index contributed by atoms with van der Waals surface area (Å²) in [6.45, 7) is 4.03. The highest BCUT2D eigenvalue weighted by molar-refractivity contribution is 5.96. The van der Waals surface area contributed by atoms with Gasteiger partial charge in [0.25, 0.3) is 11.6 Å². The van der Waals surface area contributed by atoms with Gasteiger partial charge in [-0.15, -0.1) is 0 Å². The summed E-state index contributed by atoms with van der Waals surface area (Å²) in [5.41, 5.74) is 5.74. The summed E-state index contributed by atoms with van der Waals surface area (Å²) >= 11 is 0. The topological polar surface area (TPSA) is 89.5 Å². The number of nitrogen functional groups attached to an aromatic ring is 1. The number of nitrogens with zero attached hydrogens (tertiary/aromatic N) is 2. The van der Waals surface area contributed by atoms with Crippen LogP contribution in [0.2, 0.25) is 0 Å². The lowest BCUT2D eigenvalue weighted by atomic mass is 9.96. The van der Waals surface area contributed by atoms with Crippen molar-refractivity contribution in [2.24, 2.45) is 0 Å². The van der Waals surface area contributed by atoms with Crippen molar-refractivity contribution in [3.05, 3.63) is 33.9 Å². The average Bonchev–Trinajstić information content (AvgIpc) is 2.38. The number of nitro benzene ring substituents is 1. The van der Waals surface area contributed by atoms with Crippen LogP contribution in [-0.4, -0.2) is 27.8 Å². The van der Waals surface area contributed by atoms with Crippen molar-refractivity contribution in [1.82, 2.24) is 4.90 Å². The summed E-state index contributed by atoms with van der Waals surface area (Å²) in [6, 6.07) is 4.56. The molecule has 0 radical (unpaired) electrons. The van der Waals surface area contributed by atoms with Crippen LogP contribution >= 0.6 is 0 Å². The van der Waals surface area contributed by atoms with Gasteiger partial charge in [0.05, 0.1) is 4.92 Å². The maximum Gasteiger partial charge on any atom is 0.292 e. The normalized spacial score (nSPS) is 22.6. The zero-order valence-corrected chi connectivity index (χ0v) is 11.7. The number of amides is 1. The number of carbonyl (C=O) groups is 1. The van der Waals surface area contributed by atoms with Crippen LogP contribution in [0.25, 0.3) is 0 Å². The predicted octanol–water partition coefficient (Wildman–Crippen LogP) is 2.58. The van der Waals surface area contributed by atoms with Gasteiger partial charge in [0.15, 0.2) is 0 Å². The molecule has 1 aliphatic rings. The zero-order valence-electron chi connectivity index (χ0n) is 11.7. The van der Waals surface area contributed by atoms with Gasteiger partial charge in [-0.3, -0.25) is 14.9 Å². The van der Waals surface area contributed by atoms with Crippen LogP contribution < -0.4 is 5.73 Å². The van der Waals surface area contributed by atoms with Crippen molar-refractivity contribution in [1.29, 1.82) is 0 Å². The minimum Gasteiger partial charge on any atom is -0.393 e. The van der Waals surface area contributed by atoms with Crippen LogP contribution in [0, 0.1) is 10.1 Å². The highest BCUT2D eigenvalue weighted by Gasteiger charge is 2.30. The summed E-state index contributed by atoms with van der Waals surface area (Å²) in [5.74, 6) is -0.159. The van der Waals surface area contributed by atoms with Crippen LogP contribution in [0.15, 0.2) is 18.2 Å². The monoisotopic (exact) mass is 277 g/mol. The first-order chi connectivity index (χ1) is 9.41. The van der Waals surface area contributed by atoms with Gasteiger partial charge in [-0.2, -0.15) is 0 Å². The number of nitro groups is 1. The highest BCUT2D eigenvalue weighted by Crippen LogP contribution is 2.27. The van der Waals surface area contributed by atoms with Crippen LogP contribution in [0.5, 0.6) is 0 Å². The molecule has 1 saturated heterocycles. The summed E-state index contributed by atoms with van der Waals surface area (Å²) in [4.78, 5) is 24.7. The Morgan fingerprint density at radius 3 is 2.50 bits per heavy atom. The molecule has 0 saturated carbocycles. The molecule has 1 aromatic rings. The van der Waals surface area contributed by atoms with Gasteiger partial charge in [0.1, 0.15) is 5.69 Å². The summed E-state index contributed by atoms with van der Waals surface area (Å²) < 4.78 is 0. The number of piperidine rings is 1. The molecular weight excluding hydrogens is 258 g/mol. The van der Waals surface area contributed by atoms with E-state index in [1.165, 1.54) is 12.1 Å². The Balaban J connectivity index is 2.33. The lowest BCUT2D eigenvalue weighted by Crippen LogP contribution is -2.47. The van der Waals surface area contributed by atoms with Crippen molar-refractivity contribution in [3.63, 3.8) is 0 Å². The molecule has 2 atom stereocenters. The molecule has 1 aromatic carbocycles. The largest absolute Gasteiger partial charge is 0.393 e. The molecule has 108 valence electrons. The third kappa shape index (κ3) is 2.59. The van der Waals surface area contributed by atoms with Crippen LogP contribution in [0.3, 0.4) is 0 Å². The Hall–Kier alpha value is -2.11. The molecule has 1 fully saturated rings. The van der Waals surface area contributed by atoms with E-state index >= 15 is 0 Å². The Morgan fingerprint density at radius 1 is 1.35 bits per heavy atom. The number of benzene rings is 1. The van der Waals surface area contributed by atoms with E-state index in [0.29, 0.717) is 5.56 Å². The van der Waals surface area contributed by atoms with E-state index in [4.69, 9.17) is 5.73 Å². The van der Waals surface area contributed by atoms with Crippen molar-refractivity contribution in [2.75, 3.05) is 5.73 Å². The molecule has 6 heteroatoms. The third-order valence-corrected chi connectivity index (χ3v) is 3.90. The van der Waals surface area contributed by atoms with E-state index in [9.17, 15) is 14.9 Å². The van der Waals surface area contributed by atoms with E-state index in [-0.39, 0.29) is 29.4 Å². The number of likely N-dealkylation sites (tertiary alicyclic amines) is 1. The molecular formula is C14H19N3O3. The first-order valence-corrected chi connectivity index (χ1v) is 6.78. The van der Waals surface area contributed by atoms with Gasteiger partial charge >= 0.3 is 0 Å². The van der Waals surface area contributed by atoms with E-state index < -0.39 is 4.92 Å². The molecule has 6 nitrogen and oxygen atoms in total. The molecule has 1 heterocycles. The SMILES string of the molecule is C[C@@H]1CCC[C@H](C)N1C(=O)c1ccc(N)c([N+](=O)[O-])c1. The zero-order chi connectivity index (χ0) is 14.9. The fraction of sp³-hybridized carbons (Fsp3) is 0.500. The molecule has 0 bridgehead atoms. The minimum absolute atomic E-state index is 0.0753. The first kappa shape index (κ1) is 14.3. The Bertz CT molecular complexity index is 534. The number of hydrogen-bond acceptors (Lipinski definition) is 4. The van der Waals surface area contributed by atoms with Crippen LogP contribution in [-0.2, 0) is 0 Å². The van der Waals surface area contributed by atoms with Gasteiger partial charge < -0.3 is 10.6 Å². The molecule has 0 aromatic heterocycles. The summed E-state index contributed by atoms with van der Waals surface area (Å²) in [5, 5.41) is 10.9. The standard InChI is InChI=1S/C14H19N3O3/c1-9-4-3-5-10(2)16(9)14(18)11-6-7-12(15)13(8-11)17(19)20/h6-10H,3-5,15H2,1-2H3/t9-,10+. The molecule has 0 unspecified atom stereocenters. The second-order valence-electron chi connectivity index (χ2n) is 5.37. The van der Waals surface area contributed by atoms with Crippen molar-refractivity contribution in [2.45, 2.75) is 45.2 Å². The Labute approximate surface area is 117 Å². The van der Waals surface area contributed by atoms with Crippen LogP contribution in [0.1, 0.15) is 43.5 Å². The number of carbonyl (C=O) groups excluding carboxylic acids is 1. The number of anilines is 1. The van der Waals surface area contributed by atoms with Gasteiger partial charge in [-0.05, 0) is 45.2 Å². The van der Waals surface area contributed by atoms with Gasteiger partial charge in [-0.25, -0.2) is 0 Å². The van der Waals surface area contributed by atoms with E-state index in [0.717, 1.165) is 19.3 Å². The van der Waals surface area contributed by atoms with Gasteiger partial charge in [0.2, 0.25) is 0 Å². The Morgan fingerprint density at radius 2 is 1.95 bits per heavy atom. The molecule has 20 heavy (non-hydrogen) atoms. The summed E-state index contributed by atoms with van der Waals surface area (Å²) in [6.07, 6.45) is 3.04. The number of rotatable bonds is 2. The number of nitrogens with two attached hydrogens (primary N) is 1. The maximum atomic E-state index is 12.6. The predicted molar refractivity (Wildman–Crippen MR) is 76.5 cm³/mol. The number of hydrogen-bond donors (Lipinski definition) is 1. The molecule has 0 spiro atoms. The van der Waals surface area contributed by atoms with E-state index in [1.54, 1.807) is 6.07 Å². The van der Waals surface area contributed by atoms with Crippen molar-refractivity contribution in [3.8, 4) is 0 Å². The first-order valence-electron chi connectivity index (χ1n) is 6.78. The smallest absolute Gasteiger partial charge is 0.292 e. The fourth-order valence-electron chi connectivity index (χ4n) is 2.81. The molecule has 1 aliphatic heterocycles.